The Morgan fingerprint density at radius 2 is 1.89 bits per heavy atom. The summed E-state index contributed by atoms with van der Waals surface area (Å²) in [6.07, 6.45) is 0. The van der Waals surface area contributed by atoms with Crippen molar-refractivity contribution in [1.29, 1.82) is 0 Å². The Balaban J connectivity index is 1.90. The molecule has 2 N–H and O–H groups in total. The summed E-state index contributed by atoms with van der Waals surface area (Å²) >= 11 is 6.05. The molecule has 1 aliphatic rings. The number of hydrogen-bond donors (Lipinski definition) is 1. The van der Waals surface area contributed by atoms with Gasteiger partial charge in [0.1, 0.15) is 0 Å². The molecule has 0 spiro atoms. The minimum atomic E-state index is 0.749. The molecule has 4 nitrogen and oxygen atoms in total. The zero-order valence-electron chi connectivity index (χ0n) is 11.8. The van der Waals surface area contributed by atoms with Crippen LogP contribution in [0.1, 0.15) is 0 Å². The highest BCUT2D eigenvalue weighted by Gasteiger charge is 2.18. The van der Waals surface area contributed by atoms with Crippen molar-refractivity contribution < 1.29 is 0 Å². The number of nitrogens with zero attached hydrogens (tertiary/aromatic N) is 3. The summed E-state index contributed by atoms with van der Waals surface area (Å²) in [5.41, 5.74) is 7.91. The molecule has 1 heterocycles. The van der Waals surface area contributed by atoms with Gasteiger partial charge >= 0.3 is 0 Å². The van der Waals surface area contributed by atoms with Crippen LogP contribution in [0.5, 0.6) is 0 Å². The SMILES string of the molecule is CN(C)CCN1CCN(c2cc(Cl)ccc2N)CC1. The lowest BCUT2D eigenvalue weighted by Gasteiger charge is -2.37. The Hall–Kier alpha value is -0.970. The van der Waals surface area contributed by atoms with E-state index in [1.165, 1.54) is 0 Å². The van der Waals surface area contributed by atoms with Crippen molar-refractivity contribution in [3.8, 4) is 0 Å². The topological polar surface area (TPSA) is 35.7 Å². The quantitative estimate of drug-likeness (QED) is 0.851. The average Bonchev–Trinajstić information content (AvgIpc) is 2.40. The molecule has 0 saturated carbocycles. The Kier molecular flexibility index (Phi) is 4.91. The first-order valence-corrected chi connectivity index (χ1v) is 7.11. The predicted molar refractivity (Wildman–Crippen MR) is 83.1 cm³/mol. The van der Waals surface area contributed by atoms with Crippen molar-refractivity contribution in [1.82, 2.24) is 9.80 Å². The molecule has 1 aliphatic heterocycles. The van der Waals surface area contributed by atoms with E-state index >= 15 is 0 Å². The van der Waals surface area contributed by atoms with Crippen LogP contribution in [-0.4, -0.2) is 63.2 Å². The molecule has 0 aliphatic carbocycles. The fraction of sp³-hybridized carbons (Fsp3) is 0.571. The molecule has 1 aromatic carbocycles. The summed E-state index contributed by atoms with van der Waals surface area (Å²) < 4.78 is 0. The summed E-state index contributed by atoms with van der Waals surface area (Å²) in [6, 6.07) is 5.69. The average molecular weight is 283 g/mol. The van der Waals surface area contributed by atoms with Crippen molar-refractivity contribution in [2.75, 3.05) is 64.0 Å². The van der Waals surface area contributed by atoms with Crippen molar-refractivity contribution >= 4 is 23.0 Å². The molecule has 0 radical (unpaired) electrons. The summed E-state index contributed by atoms with van der Waals surface area (Å²) in [7, 11) is 4.23. The van der Waals surface area contributed by atoms with Crippen LogP contribution in [0.15, 0.2) is 18.2 Å². The second kappa shape index (κ2) is 6.46. The fourth-order valence-electron chi connectivity index (χ4n) is 2.34. The van der Waals surface area contributed by atoms with Crippen LogP contribution in [0, 0.1) is 0 Å². The van der Waals surface area contributed by atoms with Crippen molar-refractivity contribution in [3.05, 3.63) is 23.2 Å². The number of piperazine rings is 1. The monoisotopic (exact) mass is 282 g/mol. The Labute approximate surface area is 120 Å². The number of benzene rings is 1. The molecule has 0 atom stereocenters. The largest absolute Gasteiger partial charge is 0.397 e. The normalized spacial score (nSPS) is 17.2. The summed E-state index contributed by atoms with van der Waals surface area (Å²) in [5, 5.41) is 0.749. The lowest BCUT2D eigenvalue weighted by Crippen LogP contribution is -2.48. The third-order valence-corrected chi connectivity index (χ3v) is 3.80. The molecule has 0 aromatic heterocycles. The van der Waals surface area contributed by atoms with Crippen LogP contribution >= 0.6 is 11.6 Å². The van der Waals surface area contributed by atoms with Crippen LogP contribution in [-0.2, 0) is 0 Å². The molecule has 0 bridgehead atoms. The molecule has 0 amide bonds. The van der Waals surface area contributed by atoms with Crippen LogP contribution in [0.3, 0.4) is 0 Å². The molecule has 1 saturated heterocycles. The van der Waals surface area contributed by atoms with Crippen LogP contribution in [0.2, 0.25) is 5.02 Å². The zero-order valence-corrected chi connectivity index (χ0v) is 12.5. The van der Waals surface area contributed by atoms with Crippen molar-refractivity contribution in [3.63, 3.8) is 0 Å². The third kappa shape index (κ3) is 4.00. The number of rotatable bonds is 4. The van der Waals surface area contributed by atoms with Gasteiger partial charge in [0.15, 0.2) is 0 Å². The van der Waals surface area contributed by atoms with Gasteiger partial charge in [0.2, 0.25) is 0 Å². The number of nitrogen functional groups attached to an aromatic ring is 1. The first-order chi connectivity index (χ1) is 9.06. The van der Waals surface area contributed by atoms with Gasteiger partial charge in [-0.25, -0.2) is 0 Å². The van der Waals surface area contributed by atoms with Gasteiger partial charge in [-0.2, -0.15) is 0 Å². The van der Waals surface area contributed by atoms with Gasteiger partial charge in [0.25, 0.3) is 0 Å². The lowest BCUT2D eigenvalue weighted by molar-refractivity contribution is 0.229. The van der Waals surface area contributed by atoms with Gasteiger partial charge in [-0.15, -0.1) is 0 Å². The third-order valence-electron chi connectivity index (χ3n) is 3.57. The van der Waals surface area contributed by atoms with Crippen LogP contribution in [0.4, 0.5) is 11.4 Å². The van der Waals surface area contributed by atoms with Gasteiger partial charge in [-0.3, -0.25) is 4.90 Å². The maximum Gasteiger partial charge on any atom is 0.0615 e. The highest BCUT2D eigenvalue weighted by Crippen LogP contribution is 2.27. The van der Waals surface area contributed by atoms with Gasteiger partial charge < -0.3 is 15.5 Å². The molecule has 1 aromatic rings. The van der Waals surface area contributed by atoms with E-state index in [1.54, 1.807) is 0 Å². The first kappa shape index (κ1) is 14.4. The first-order valence-electron chi connectivity index (χ1n) is 6.73. The zero-order chi connectivity index (χ0) is 13.8. The van der Waals surface area contributed by atoms with Gasteiger partial charge in [0, 0.05) is 44.3 Å². The molecule has 5 heteroatoms. The summed E-state index contributed by atoms with van der Waals surface area (Å²) in [6.45, 7) is 6.43. The van der Waals surface area contributed by atoms with E-state index < -0.39 is 0 Å². The van der Waals surface area contributed by atoms with Gasteiger partial charge in [0.05, 0.1) is 11.4 Å². The van der Waals surface area contributed by atoms with E-state index in [4.69, 9.17) is 17.3 Å². The maximum absolute atomic E-state index is 6.05. The Morgan fingerprint density at radius 3 is 2.53 bits per heavy atom. The molecule has 0 unspecified atom stereocenters. The van der Waals surface area contributed by atoms with E-state index in [0.29, 0.717) is 0 Å². The second-order valence-electron chi connectivity index (χ2n) is 5.34. The standard InChI is InChI=1S/C14H23ClN4/c1-17(2)5-6-18-7-9-19(10-8-18)14-11-12(15)3-4-13(14)16/h3-4,11H,5-10,16H2,1-2H3. The minimum absolute atomic E-state index is 0.749. The highest BCUT2D eigenvalue weighted by molar-refractivity contribution is 6.31. The van der Waals surface area contributed by atoms with E-state index in [9.17, 15) is 0 Å². The van der Waals surface area contributed by atoms with E-state index in [1.807, 2.05) is 18.2 Å². The van der Waals surface area contributed by atoms with Crippen LogP contribution in [0.25, 0.3) is 0 Å². The fourth-order valence-corrected chi connectivity index (χ4v) is 2.51. The number of nitrogens with two attached hydrogens (primary N) is 1. The van der Waals surface area contributed by atoms with Crippen molar-refractivity contribution in [2.24, 2.45) is 0 Å². The van der Waals surface area contributed by atoms with Crippen molar-refractivity contribution in [2.45, 2.75) is 0 Å². The number of anilines is 2. The van der Waals surface area contributed by atoms with Gasteiger partial charge in [-0.1, -0.05) is 11.6 Å². The predicted octanol–water partition coefficient (Wildman–Crippen LogP) is 1.61. The van der Waals surface area contributed by atoms with Crippen LogP contribution < -0.4 is 10.6 Å². The summed E-state index contributed by atoms with van der Waals surface area (Å²) in [4.78, 5) is 7.05. The van der Waals surface area contributed by atoms with E-state index in [0.717, 1.165) is 55.7 Å². The number of likely N-dealkylation sites (N-methyl/N-ethyl adjacent to an activating group) is 1. The van der Waals surface area contributed by atoms with E-state index in [2.05, 4.69) is 28.8 Å². The second-order valence-corrected chi connectivity index (χ2v) is 5.77. The number of halogens is 1. The molecular formula is C14H23ClN4. The Morgan fingerprint density at radius 1 is 1.21 bits per heavy atom. The van der Waals surface area contributed by atoms with Gasteiger partial charge in [-0.05, 0) is 32.3 Å². The van der Waals surface area contributed by atoms with E-state index in [-0.39, 0.29) is 0 Å². The summed E-state index contributed by atoms with van der Waals surface area (Å²) in [5.74, 6) is 0. The number of hydrogen-bond acceptors (Lipinski definition) is 4. The smallest absolute Gasteiger partial charge is 0.0615 e. The minimum Gasteiger partial charge on any atom is -0.397 e. The molecule has 2 rings (SSSR count). The molecular weight excluding hydrogens is 260 g/mol. The molecule has 19 heavy (non-hydrogen) atoms. The molecule has 1 fully saturated rings. The lowest BCUT2D eigenvalue weighted by atomic mass is 10.2. The maximum atomic E-state index is 6.05. The molecule has 106 valence electrons. The Bertz CT molecular complexity index is 414. The highest BCUT2D eigenvalue weighted by atomic mass is 35.5.